The number of rotatable bonds is 7. The normalized spacial score (nSPS) is 41.1. The standard InChI is InChI=1S/C25H34F2O9S/c1-3-23(5-4-20(14(2)11-23)35-22(29)25(26,27)37(30,31)32)21(28)33-12-19-13-34-24(36-19)17-7-15-6-16(9-17)10-18(24)8-15/h4,14-19H,3,5-13H2,1-2H3,(H,30,31,32). The van der Waals surface area contributed by atoms with Gasteiger partial charge in [0.2, 0.25) is 0 Å². The molecule has 5 aliphatic carbocycles. The third-order valence-corrected chi connectivity index (χ3v) is 10.1. The third kappa shape index (κ3) is 4.51. The molecule has 3 unspecified atom stereocenters. The first-order valence-electron chi connectivity index (χ1n) is 13.1. The average Bonchev–Trinajstić information content (AvgIpc) is 3.26. The molecular formula is C25H34F2O9S. The van der Waals surface area contributed by atoms with E-state index in [-0.39, 0.29) is 31.3 Å². The van der Waals surface area contributed by atoms with Crippen molar-refractivity contribution in [1.82, 2.24) is 0 Å². The Balaban J connectivity index is 1.19. The fraction of sp³-hybridized carbons (Fsp3) is 0.840. The number of ether oxygens (including phenoxy) is 4. The number of esters is 2. The van der Waals surface area contributed by atoms with Crippen LogP contribution in [-0.4, -0.2) is 55.3 Å². The van der Waals surface area contributed by atoms with Crippen molar-refractivity contribution in [2.24, 2.45) is 35.0 Å². The minimum atomic E-state index is -5.97. The van der Waals surface area contributed by atoms with E-state index in [0.717, 1.165) is 37.5 Å². The van der Waals surface area contributed by atoms with Gasteiger partial charge in [0.1, 0.15) is 18.5 Å². The van der Waals surface area contributed by atoms with Crippen molar-refractivity contribution in [3.63, 3.8) is 0 Å². The van der Waals surface area contributed by atoms with Crippen molar-refractivity contribution in [2.45, 2.75) is 82.4 Å². The molecule has 0 aromatic carbocycles. The van der Waals surface area contributed by atoms with Gasteiger partial charge in [-0.2, -0.15) is 17.2 Å². The molecule has 1 aliphatic heterocycles. The topological polar surface area (TPSA) is 125 Å². The summed E-state index contributed by atoms with van der Waals surface area (Å²) >= 11 is 0. The molecule has 12 heteroatoms. The zero-order valence-electron chi connectivity index (χ0n) is 21.0. The SMILES string of the molecule is CCC1(C(=O)OCC2COC3(O2)C2CC4CC(C2)CC3C4)CC=C(OC(=O)C(F)(F)S(=O)(=O)O)C(C)C1. The molecule has 6 aliphatic rings. The summed E-state index contributed by atoms with van der Waals surface area (Å²) in [5, 5.41) is -5.09. The maximum absolute atomic E-state index is 13.6. The Morgan fingerprint density at radius 3 is 2.32 bits per heavy atom. The molecule has 1 N–H and O–H groups in total. The summed E-state index contributed by atoms with van der Waals surface area (Å²) in [4.78, 5) is 24.9. The quantitative estimate of drug-likeness (QED) is 0.373. The lowest BCUT2D eigenvalue weighted by Crippen LogP contribution is -2.58. The average molecular weight is 549 g/mol. The van der Waals surface area contributed by atoms with Crippen molar-refractivity contribution < 1.29 is 50.3 Å². The zero-order valence-corrected chi connectivity index (χ0v) is 21.8. The summed E-state index contributed by atoms with van der Waals surface area (Å²) in [5.74, 6) is -1.91. The highest BCUT2D eigenvalue weighted by Crippen LogP contribution is 2.61. The summed E-state index contributed by atoms with van der Waals surface area (Å²) in [6, 6.07) is 0. The first-order chi connectivity index (χ1) is 17.3. The van der Waals surface area contributed by atoms with Crippen LogP contribution in [0.1, 0.15) is 65.2 Å². The fourth-order valence-corrected chi connectivity index (χ4v) is 7.76. The van der Waals surface area contributed by atoms with Gasteiger partial charge >= 0.3 is 27.3 Å². The van der Waals surface area contributed by atoms with Crippen LogP contribution >= 0.6 is 0 Å². The van der Waals surface area contributed by atoms with Crippen molar-refractivity contribution in [2.75, 3.05) is 13.2 Å². The van der Waals surface area contributed by atoms with Crippen LogP contribution in [0, 0.1) is 35.0 Å². The van der Waals surface area contributed by atoms with E-state index in [2.05, 4.69) is 4.74 Å². The van der Waals surface area contributed by atoms with Crippen LogP contribution in [0.25, 0.3) is 0 Å². The van der Waals surface area contributed by atoms with Crippen LogP contribution in [0.4, 0.5) is 8.78 Å². The van der Waals surface area contributed by atoms with E-state index in [9.17, 15) is 26.8 Å². The van der Waals surface area contributed by atoms with Crippen molar-refractivity contribution in [3.8, 4) is 0 Å². The molecule has 9 nitrogen and oxygen atoms in total. The number of halogens is 2. The van der Waals surface area contributed by atoms with Crippen LogP contribution in [0.15, 0.2) is 11.8 Å². The second-order valence-electron chi connectivity index (χ2n) is 11.6. The monoisotopic (exact) mass is 548 g/mol. The van der Waals surface area contributed by atoms with Gasteiger partial charge in [-0.25, -0.2) is 4.79 Å². The summed E-state index contributed by atoms with van der Waals surface area (Å²) < 4.78 is 80.5. The predicted molar refractivity (Wildman–Crippen MR) is 123 cm³/mol. The molecule has 37 heavy (non-hydrogen) atoms. The second kappa shape index (κ2) is 9.24. The first kappa shape index (κ1) is 27.0. The van der Waals surface area contributed by atoms with Gasteiger partial charge in [-0.15, -0.1) is 0 Å². The van der Waals surface area contributed by atoms with Crippen LogP contribution in [0.2, 0.25) is 0 Å². The van der Waals surface area contributed by atoms with Gasteiger partial charge < -0.3 is 18.9 Å². The minimum Gasteiger partial charge on any atom is -0.462 e. The molecule has 0 aromatic rings. The zero-order chi connectivity index (χ0) is 26.8. The number of carbonyl (C=O) groups is 2. The second-order valence-corrected chi connectivity index (χ2v) is 13.1. The van der Waals surface area contributed by atoms with Crippen LogP contribution < -0.4 is 0 Å². The summed E-state index contributed by atoms with van der Waals surface area (Å²) in [5.41, 5.74) is -0.958. The lowest BCUT2D eigenvalue weighted by Gasteiger charge is -2.58. The summed E-state index contributed by atoms with van der Waals surface area (Å²) in [6.07, 6.45) is 7.42. The van der Waals surface area contributed by atoms with Gasteiger partial charge in [0.15, 0.2) is 5.79 Å². The Hall–Kier alpha value is -1.63. The number of hydrogen-bond acceptors (Lipinski definition) is 8. The molecule has 3 atom stereocenters. The lowest BCUT2D eigenvalue weighted by molar-refractivity contribution is -0.295. The van der Waals surface area contributed by atoms with E-state index in [1.165, 1.54) is 12.5 Å². The molecule has 0 radical (unpaired) electrons. The fourth-order valence-electron chi connectivity index (χ4n) is 7.51. The number of allylic oxidation sites excluding steroid dienone is 2. The van der Waals surface area contributed by atoms with Crippen molar-refractivity contribution in [1.29, 1.82) is 0 Å². The molecule has 5 fully saturated rings. The first-order valence-corrected chi connectivity index (χ1v) is 14.5. The van der Waals surface area contributed by atoms with Gasteiger partial charge in [-0.05, 0) is 69.3 Å². The van der Waals surface area contributed by atoms with Gasteiger partial charge in [-0.1, -0.05) is 13.8 Å². The van der Waals surface area contributed by atoms with Crippen molar-refractivity contribution >= 4 is 22.1 Å². The van der Waals surface area contributed by atoms with E-state index in [4.69, 9.17) is 18.8 Å². The van der Waals surface area contributed by atoms with E-state index >= 15 is 0 Å². The predicted octanol–water partition coefficient (Wildman–Crippen LogP) is 3.83. The van der Waals surface area contributed by atoms with E-state index in [1.807, 2.05) is 6.92 Å². The molecule has 4 bridgehead atoms. The third-order valence-electron chi connectivity index (χ3n) is 9.28. The largest absolute Gasteiger partial charge is 0.466 e. The molecule has 1 saturated heterocycles. The van der Waals surface area contributed by atoms with Gasteiger partial charge in [0, 0.05) is 17.8 Å². The smallest absolute Gasteiger partial charge is 0.462 e. The van der Waals surface area contributed by atoms with Crippen molar-refractivity contribution in [3.05, 3.63) is 11.8 Å². The van der Waals surface area contributed by atoms with Gasteiger partial charge in [0.25, 0.3) is 0 Å². The molecule has 4 saturated carbocycles. The maximum Gasteiger partial charge on any atom is 0.466 e. The molecule has 0 amide bonds. The van der Waals surface area contributed by atoms with Crippen LogP contribution in [-0.2, 0) is 38.7 Å². The molecular weight excluding hydrogens is 514 g/mol. The van der Waals surface area contributed by atoms with E-state index in [1.54, 1.807) is 6.92 Å². The Bertz CT molecular complexity index is 1060. The highest BCUT2D eigenvalue weighted by molar-refractivity contribution is 7.87. The lowest BCUT2D eigenvalue weighted by atomic mass is 9.53. The minimum absolute atomic E-state index is 0.0507. The Kier molecular flexibility index (Phi) is 6.73. The molecule has 0 aromatic heterocycles. The Morgan fingerprint density at radius 2 is 1.78 bits per heavy atom. The molecule has 208 valence electrons. The summed E-state index contributed by atoms with van der Waals surface area (Å²) in [6.45, 7) is 3.80. The highest BCUT2D eigenvalue weighted by Gasteiger charge is 2.62. The number of alkyl halides is 2. The van der Waals surface area contributed by atoms with Crippen LogP contribution in [0.3, 0.4) is 0 Å². The van der Waals surface area contributed by atoms with E-state index < -0.39 is 44.4 Å². The van der Waals surface area contributed by atoms with E-state index in [0.29, 0.717) is 24.9 Å². The summed E-state index contributed by atoms with van der Waals surface area (Å²) in [7, 11) is -5.97. The van der Waals surface area contributed by atoms with Gasteiger partial charge in [0.05, 0.1) is 12.0 Å². The maximum atomic E-state index is 13.6. The molecule has 6 rings (SSSR count). The number of hydrogen-bond donors (Lipinski definition) is 1. The van der Waals surface area contributed by atoms with Crippen LogP contribution in [0.5, 0.6) is 0 Å². The van der Waals surface area contributed by atoms with Gasteiger partial charge in [-0.3, -0.25) is 9.35 Å². The molecule has 1 heterocycles. The molecule has 1 spiro atoms. The highest BCUT2D eigenvalue weighted by atomic mass is 32.2. The Morgan fingerprint density at radius 1 is 1.16 bits per heavy atom. The Labute approximate surface area is 215 Å². The number of carbonyl (C=O) groups excluding carboxylic acids is 2.